The van der Waals surface area contributed by atoms with Crippen molar-refractivity contribution in [3.8, 4) is 0 Å². The van der Waals surface area contributed by atoms with Gasteiger partial charge in [-0.15, -0.1) is 0 Å². The zero-order chi connectivity index (χ0) is 25.5. The van der Waals surface area contributed by atoms with Crippen molar-refractivity contribution in [3.63, 3.8) is 0 Å². The molecule has 10 nitrogen and oxygen atoms in total. The molecule has 0 radical (unpaired) electrons. The largest absolute Gasteiger partial charge is 0.498 e. The zero-order valence-electron chi connectivity index (χ0n) is 18.7. The van der Waals surface area contributed by atoms with Gasteiger partial charge < -0.3 is 19.5 Å². The monoisotopic (exact) mass is 501 g/mol. The number of hydrogen-bond acceptors (Lipinski definition) is 9. The topological polar surface area (TPSA) is 132 Å². The highest BCUT2D eigenvalue weighted by Crippen LogP contribution is 2.20. The summed E-state index contributed by atoms with van der Waals surface area (Å²) in [5.74, 6) is -3.13. The molecule has 0 atom stereocenters. The van der Waals surface area contributed by atoms with Crippen molar-refractivity contribution in [1.82, 2.24) is 0 Å². The number of carbonyl (C=O) groups is 4. The van der Waals surface area contributed by atoms with Gasteiger partial charge in [0.1, 0.15) is 13.2 Å². The predicted octanol–water partition coefficient (Wildman–Crippen LogP) is 3.34. The number of rotatable bonds is 14. The van der Waals surface area contributed by atoms with Crippen molar-refractivity contribution in [3.05, 3.63) is 72.5 Å². The first-order chi connectivity index (χ1) is 16.9. The van der Waals surface area contributed by atoms with Crippen molar-refractivity contribution in [2.24, 2.45) is 5.10 Å². The lowest BCUT2D eigenvalue weighted by atomic mass is 10.2. The molecule has 0 aliphatic carbocycles. The van der Waals surface area contributed by atoms with E-state index in [1.54, 1.807) is 54.6 Å². The van der Waals surface area contributed by atoms with Gasteiger partial charge in [-0.05, 0) is 24.3 Å². The van der Waals surface area contributed by atoms with Crippen LogP contribution in [0, 0.1) is 0 Å². The summed E-state index contributed by atoms with van der Waals surface area (Å²) in [5, 5.41) is 6.76. The summed E-state index contributed by atoms with van der Waals surface area (Å²) < 4.78 is 14.6. The molecule has 2 N–H and O–H groups in total. The summed E-state index contributed by atoms with van der Waals surface area (Å²) in [4.78, 5) is 48.9. The fourth-order valence-electron chi connectivity index (χ4n) is 2.47. The SMILES string of the molecule is C=COCCOC(=O)CCC(=O)OCC(=O)/C(=N\Nc1ccccc1Cl)C(=O)Nc1ccccc1. The highest BCUT2D eigenvalue weighted by Gasteiger charge is 2.23. The number of hydrogen-bond donors (Lipinski definition) is 2. The Kier molecular flexibility index (Phi) is 11.5. The summed E-state index contributed by atoms with van der Waals surface area (Å²) in [5.41, 5.74) is 2.83. The van der Waals surface area contributed by atoms with Crippen LogP contribution in [0.25, 0.3) is 0 Å². The lowest BCUT2D eigenvalue weighted by Crippen LogP contribution is -2.34. The number of nitrogens with zero attached hydrogens (tertiary/aromatic N) is 1. The number of para-hydroxylation sites is 2. The smallest absolute Gasteiger partial charge is 0.306 e. The summed E-state index contributed by atoms with van der Waals surface area (Å²) in [6.07, 6.45) is 0.656. The summed E-state index contributed by atoms with van der Waals surface area (Å²) in [6, 6.07) is 15.0. The molecule has 0 aliphatic heterocycles. The lowest BCUT2D eigenvalue weighted by molar-refractivity contribution is -0.151. The molecule has 0 heterocycles. The third-order valence-electron chi connectivity index (χ3n) is 4.15. The maximum Gasteiger partial charge on any atom is 0.306 e. The van der Waals surface area contributed by atoms with Gasteiger partial charge in [0, 0.05) is 5.69 Å². The van der Waals surface area contributed by atoms with Gasteiger partial charge in [0.05, 0.1) is 29.8 Å². The van der Waals surface area contributed by atoms with Crippen molar-refractivity contribution in [1.29, 1.82) is 0 Å². The van der Waals surface area contributed by atoms with Crippen LogP contribution in [0.15, 0.2) is 72.5 Å². The van der Waals surface area contributed by atoms with E-state index in [4.69, 9.17) is 25.8 Å². The van der Waals surface area contributed by atoms with E-state index in [1.165, 1.54) is 6.26 Å². The fraction of sp³-hybridized carbons (Fsp3) is 0.208. The molecule has 0 unspecified atom stereocenters. The average Bonchev–Trinajstić information content (AvgIpc) is 2.86. The minimum Gasteiger partial charge on any atom is -0.498 e. The predicted molar refractivity (Wildman–Crippen MR) is 130 cm³/mol. The molecule has 2 aromatic carbocycles. The number of carbonyl (C=O) groups excluding carboxylic acids is 4. The van der Waals surface area contributed by atoms with Crippen LogP contribution in [0.5, 0.6) is 0 Å². The van der Waals surface area contributed by atoms with E-state index in [-0.39, 0.29) is 26.1 Å². The molecule has 35 heavy (non-hydrogen) atoms. The van der Waals surface area contributed by atoms with Crippen LogP contribution >= 0.6 is 11.6 Å². The molecule has 2 rings (SSSR count). The van der Waals surface area contributed by atoms with Crippen molar-refractivity contribution in [2.75, 3.05) is 30.6 Å². The van der Waals surface area contributed by atoms with Gasteiger partial charge in [-0.2, -0.15) is 5.10 Å². The van der Waals surface area contributed by atoms with Gasteiger partial charge >= 0.3 is 11.9 Å². The molecule has 0 spiro atoms. The Morgan fingerprint density at radius 3 is 2.26 bits per heavy atom. The first kappa shape index (κ1) is 27.1. The quantitative estimate of drug-likeness (QED) is 0.101. The normalized spacial score (nSPS) is 10.6. The molecule has 0 fully saturated rings. The Morgan fingerprint density at radius 1 is 0.914 bits per heavy atom. The number of ether oxygens (including phenoxy) is 3. The Hall–Kier alpha value is -4.18. The molecular formula is C24H24ClN3O7. The molecule has 0 aromatic heterocycles. The first-order valence-electron chi connectivity index (χ1n) is 10.4. The van der Waals surface area contributed by atoms with Crippen LogP contribution in [0.1, 0.15) is 12.8 Å². The second-order valence-electron chi connectivity index (χ2n) is 6.71. The van der Waals surface area contributed by atoms with Crippen LogP contribution < -0.4 is 10.7 Å². The van der Waals surface area contributed by atoms with Crippen molar-refractivity contribution < 1.29 is 33.4 Å². The third-order valence-corrected chi connectivity index (χ3v) is 4.48. The number of nitrogens with one attached hydrogen (secondary N) is 2. The number of esters is 2. The maximum absolute atomic E-state index is 12.7. The molecule has 0 aliphatic rings. The number of amides is 1. The van der Waals surface area contributed by atoms with Crippen LogP contribution in [0.4, 0.5) is 11.4 Å². The Labute approximate surface area is 206 Å². The van der Waals surface area contributed by atoms with Gasteiger partial charge in [-0.25, -0.2) is 0 Å². The number of halogens is 1. The van der Waals surface area contributed by atoms with Crippen LogP contribution in [0.2, 0.25) is 5.02 Å². The van der Waals surface area contributed by atoms with Crippen molar-refractivity contribution in [2.45, 2.75) is 12.8 Å². The highest BCUT2D eigenvalue weighted by molar-refractivity contribution is 6.68. The van der Waals surface area contributed by atoms with Crippen molar-refractivity contribution >= 4 is 52.3 Å². The summed E-state index contributed by atoms with van der Waals surface area (Å²) >= 11 is 6.07. The average molecular weight is 502 g/mol. The van der Waals surface area contributed by atoms with Gasteiger partial charge in [-0.1, -0.05) is 48.5 Å². The number of ketones is 1. The summed E-state index contributed by atoms with van der Waals surface area (Å²) in [6.45, 7) is 2.74. The molecule has 0 saturated carbocycles. The number of hydrazone groups is 1. The maximum atomic E-state index is 12.7. The van der Waals surface area contributed by atoms with Crippen LogP contribution in [-0.2, 0) is 33.4 Å². The molecule has 11 heteroatoms. The van der Waals surface area contributed by atoms with Gasteiger partial charge in [0.2, 0.25) is 5.78 Å². The van der Waals surface area contributed by atoms with E-state index < -0.39 is 35.9 Å². The molecule has 0 saturated heterocycles. The van der Waals surface area contributed by atoms with E-state index in [1.807, 2.05) is 0 Å². The summed E-state index contributed by atoms with van der Waals surface area (Å²) in [7, 11) is 0. The Morgan fingerprint density at radius 2 is 1.57 bits per heavy atom. The van der Waals surface area contributed by atoms with Crippen LogP contribution in [0.3, 0.4) is 0 Å². The molecule has 184 valence electrons. The lowest BCUT2D eigenvalue weighted by Gasteiger charge is -2.10. The molecule has 2 aromatic rings. The van der Waals surface area contributed by atoms with E-state index in [0.29, 0.717) is 16.4 Å². The minimum absolute atomic E-state index is 0.00711. The minimum atomic E-state index is -0.865. The molecule has 1 amide bonds. The van der Waals surface area contributed by atoms with E-state index in [0.717, 1.165) is 0 Å². The Balaban J connectivity index is 1.97. The molecule has 0 bridgehead atoms. The number of benzene rings is 2. The van der Waals surface area contributed by atoms with Gasteiger partial charge in [0.25, 0.3) is 5.91 Å². The first-order valence-corrected chi connectivity index (χ1v) is 10.8. The van der Waals surface area contributed by atoms with Gasteiger partial charge in [-0.3, -0.25) is 24.6 Å². The number of anilines is 2. The Bertz CT molecular complexity index is 1070. The standard InChI is InChI=1S/C24H24ClN3O7/c1-2-33-14-15-34-21(30)12-13-22(31)35-16-20(29)23(24(32)26-17-8-4-3-5-9-17)28-27-19-11-7-6-10-18(19)25/h2-11,27H,1,12-16H2,(H,26,32)/b28-23+. The fourth-order valence-corrected chi connectivity index (χ4v) is 2.65. The zero-order valence-corrected chi connectivity index (χ0v) is 19.5. The van der Waals surface area contributed by atoms with E-state index in [9.17, 15) is 19.2 Å². The second kappa shape index (κ2) is 14.9. The third kappa shape index (κ3) is 10.1. The highest BCUT2D eigenvalue weighted by atomic mass is 35.5. The van der Waals surface area contributed by atoms with Crippen LogP contribution in [-0.4, -0.2) is 49.2 Å². The van der Waals surface area contributed by atoms with Gasteiger partial charge in [0.15, 0.2) is 12.3 Å². The van der Waals surface area contributed by atoms with E-state index >= 15 is 0 Å². The van der Waals surface area contributed by atoms with E-state index in [2.05, 4.69) is 22.4 Å². The second-order valence-corrected chi connectivity index (χ2v) is 7.12. The molecular weight excluding hydrogens is 478 g/mol. The number of Topliss-reactive ketones (excluding diaryl/α,β-unsaturated/α-hetero) is 1.